The molecule has 0 spiro atoms. The third-order valence-electron chi connectivity index (χ3n) is 5.03. The van der Waals surface area contributed by atoms with Gasteiger partial charge in [0.2, 0.25) is 15.9 Å². The van der Waals surface area contributed by atoms with Crippen molar-refractivity contribution >= 4 is 15.9 Å². The van der Waals surface area contributed by atoms with Gasteiger partial charge in [-0.15, -0.1) is 0 Å². The molecule has 9 nitrogen and oxygen atoms in total. The van der Waals surface area contributed by atoms with Gasteiger partial charge < -0.3 is 25.6 Å². The Morgan fingerprint density at radius 1 is 1.34 bits per heavy atom. The van der Waals surface area contributed by atoms with E-state index in [-0.39, 0.29) is 23.9 Å². The number of hydrogen-bond donors (Lipinski definition) is 3. The zero-order valence-corrected chi connectivity index (χ0v) is 17.9. The Morgan fingerprint density at radius 2 is 2.03 bits per heavy atom. The fourth-order valence-corrected chi connectivity index (χ4v) is 4.86. The molecule has 0 bridgehead atoms. The van der Waals surface area contributed by atoms with Crippen molar-refractivity contribution in [3.63, 3.8) is 0 Å². The topological polar surface area (TPSA) is 131 Å². The van der Waals surface area contributed by atoms with E-state index in [9.17, 15) is 18.3 Å². The summed E-state index contributed by atoms with van der Waals surface area (Å²) in [4.78, 5) is 12.2. The van der Waals surface area contributed by atoms with Crippen molar-refractivity contribution in [1.29, 1.82) is 0 Å². The third-order valence-corrected chi connectivity index (χ3v) is 6.90. The van der Waals surface area contributed by atoms with Crippen LogP contribution in [0.25, 0.3) is 0 Å². The number of nitrogens with two attached hydrogens (primary N) is 1. The number of benzene rings is 1. The lowest BCUT2D eigenvalue weighted by Gasteiger charge is -2.26. The summed E-state index contributed by atoms with van der Waals surface area (Å²) >= 11 is 0. The summed E-state index contributed by atoms with van der Waals surface area (Å²) < 4.78 is 37.7. The van der Waals surface area contributed by atoms with Crippen LogP contribution in [-0.2, 0) is 14.8 Å². The predicted molar refractivity (Wildman–Crippen MR) is 108 cm³/mol. The van der Waals surface area contributed by atoms with Crippen molar-refractivity contribution in [2.45, 2.75) is 55.7 Å². The summed E-state index contributed by atoms with van der Waals surface area (Å²) in [6.45, 7) is 2.05. The Balaban J connectivity index is 2.15. The van der Waals surface area contributed by atoms with Crippen molar-refractivity contribution in [2.75, 3.05) is 27.3 Å². The highest BCUT2D eigenvalue weighted by molar-refractivity contribution is 7.89. The van der Waals surface area contributed by atoms with E-state index in [1.807, 2.05) is 6.92 Å². The van der Waals surface area contributed by atoms with Crippen LogP contribution in [0.1, 0.15) is 32.6 Å². The predicted octanol–water partition coefficient (Wildman–Crippen LogP) is 0.461. The molecular weight excluding hydrogens is 398 g/mol. The van der Waals surface area contributed by atoms with Gasteiger partial charge in [0.1, 0.15) is 0 Å². The lowest BCUT2D eigenvalue weighted by atomic mass is 10.1. The molecule has 0 aromatic heterocycles. The third kappa shape index (κ3) is 5.59. The van der Waals surface area contributed by atoms with Crippen molar-refractivity contribution in [3.05, 3.63) is 18.2 Å². The molecule has 3 atom stereocenters. The summed E-state index contributed by atoms with van der Waals surface area (Å²) in [5, 5.41) is 13.3. The maximum Gasteiger partial charge on any atom is 0.243 e. The van der Waals surface area contributed by atoms with Crippen LogP contribution in [0.3, 0.4) is 0 Å². The first-order valence-electron chi connectivity index (χ1n) is 9.70. The van der Waals surface area contributed by atoms with E-state index in [4.69, 9.17) is 15.2 Å². The van der Waals surface area contributed by atoms with Gasteiger partial charge >= 0.3 is 0 Å². The molecule has 1 saturated heterocycles. The van der Waals surface area contributed by atoms with E-state index in [0.717, 1.165) is 6.42 Å². The minimum atomic E-state index is -3.85. The molecule has 1 aliphatic heterocycles. The summed E-state index contributed by atoms with van der Waals surface area (Å²) in [6.07, 6.45) is 1.25. The zero-order valence-electron chi connectivity index (χ0n) is 17.1. The van der Waals surface area contributed by atoms with Gasteiger partial charge in [-0.05, 0) is 31.4 Å². The number of methoxy groups -OCH3 is 2. The average Bonchev–Trinajstić information content (AvgIpc) is 2.89. The number of β-amino-alcohol motifs (C(OH)–C–C–N with tert-alkyl or cyclic N) is 1. The van der Waals surface area contributed by atoms with Gasteiger partial charge in [0.05, 0.1) is 37.3 Å². The van der Waals surface area contributed by atoms with Gasteiger partial charge in [0, 0.05) is 19.2 Å². The van der Waals surface area contributed by atoms with Crippen LogP contribution in [0.2, 0.25) is 0 Å². The molecule has 164 valence electrons. The van der Waals surface area contributed by atoms with Crippen LogP contribution in [-0.4, -0.2) is 69.2 Å². The highest BCUT2D eigenvalue weighted by Crippen LogP contribution is 2.31. The number of aliphatic hydroxyl groups excluding tert-OH is 1. The number of carbonyl (C=O) groups excluding carboxylic acids is 1. The maximum absolute atomic E-state index is 13.1. The Labute approximate surface area is 172 Å². The second-order valence-electron chi connectivity index (χ2n) is 7.10. The van der Waals surface area contributed by atoms with E-state index in [1.54, 1.807) is 0 Å². The Bertz CT molecular complexity index is 801. The minimum absolute atomic E-state index is 0.0507. The molecule has 0 aliphatic carbocycles. The summed E-state index contributed by atoms with van der Waals surface area (Å²) in [7, 11) is -0.951. The first-order valence-corrected chi connectivity index (χ1v) is 11.1. The first kappa shape index (κ1) is 23.4. The van der Waals surface area contributed by atoms with Gasteiger partial charge in [0.15, 0.2) is 11.5 Å². The molecule has 0 saturated carbocycles. The Kier molecular flexibility index (Phi) is 8.26. The van der Waals surface area contributed by atoms with Crippen LogP contribution >= 0.6 is 0 Å². The molecule has 1 amide bonds. The van der Waals surface area contributed by atoms with Gasteiger partial charge in [-0.2, -0.15) is 4.31 Å². The molecule has 1 aromatic carbocycles. The standard InChI is InChI=1S/C19H31N3O6S/c1-4-6-14(20)19(24)21-15-7-5-10-22(12-16(15)23)29(25,26)13-8-9-17(27-2)18(11-13)28-3/h8-9,11,14-16,23H,4-7,10,12,20H2,1-3H3,(H,21,24)/t14-,15?,16?/m0/s1. The number of hydrogen-bond acceptors (Lipinski definition) is 7. The van der Waals surface area contributed by atoms with E-state index < -0.39 is 28.2 Å². The summed E-state index contributed by atoms with van der Waals surface area (Å²) in [6, 6.07) is 3.18. The molecule has 10 heteroatoms. The molecule has 4 N–H and O–H groups in total. The summed E-state index contributed by atoms with van der Waals surface area (Å²) in [5.41, 5.74) is 5.83. The number of aliphatic hydroxyl groups is 1. The van der Waals surface area contributed by atoms with E-state index in [1.165, 1.54) is 36.7 Å². The van der Waals surface area contributed by atoms with Crippen LogP contribution in [0.15, 0.2) is 23.1 Å². The maximum atomic E-state index is 13.1. The number of rotatable bonds is 8. The van der Waals surface area contributed by atoms with Crippen LogP contribution in [0.4, 0.5) is 0 Å². The molecule has 1 aliphatic rings. The largest absolute Gasteiger partial charge is 0.493 e. The van der Waals surface area contributed by atoms with Gasteiger partial charge in [0.25, 0.3) is 0 Å². The van der Waals surface area contributed by atoms with E-state index in [2.05, 4.69) is 5.32 Å². The monoisotopic (exact) mass is 429 g/mol. The molecule has 2 rings (SSSR count). The van der Waals surface area contributed by atoms with Crippen LogP contribution < -0.4 is 20.5 Å². The SMILES string of the molecule is CCC[C@H](N)C(=O)NC1CCCN(S(=O)(=O)c2ccc(OC)c(OC)c2)CC1O. The number of ether oxygens (including phenoxy) is 2. The van der Waals surface area contributed by atoms with Crippen molar-refractivity contribution < 1.29 is 27.8 Å². The molecule has 1 aromatic rings. The quantitative estimate of drug-likeness (QED) is 0.547. The van der Waals surface area contributed by atoms with Crippen LogP contribution in [0, 0.1) is 0 Å². The van der Waals surface area contributed by atoms with E-state index in [0.29, 0.717) is 30.8 Å². The Morgan fingerprint density at radius 3 is 2.66 bits per heavy atom. The fraction of sp³-hybridized carbons (Fsp3) is 0.632. The van der Waals surface area contributed by atoms with E-state index >= 15 is 0 Å². The molecule has 1 heterocycles. The second kappa shape index (κ2) is 10.2. The number of nitrogens with one attached hydrogen (secondary N) is 1. The Hall–Kier alpha value is -1.88. The lowest BCUT2D eigenvalue weighted by Crippen LogP contribution is -2.51. The smallest absolute Gasteiger partial charge is 0.243 e. The second-order valence-corrected chi connectivity index (χ2v) is 9.04. The molecular formula is C19H31N3O6S. The van der Waals surface area contributed by atoms with Crippen molar-refractivity contribution in [3.8, 4) is 11.5 Å². The highest BCUT2D eigenvalue weighted by atomic mass is 32.2. The molecule has 29 heavy (non-hydrogen) atoms. The van der Waals surface area contributed by atoms with Gasteiger partial charge in [-0.25, -0.2) is 8.42 Å². The molecule has 1 fully saturated rings. The number of amides is 1. The van der Waals surface area contributed by atoms with Crippen LogP contribution in [0.5, 0.6) is 11.5 Å². The van der Waals surface area contributed by atoms with Gasteiger partial charge in [-0.1, -0.05) is 13.3 Å². The lowest BCUT2D eigenvalue weighted by molar-refractivity contribution is -0.124. The average molecular weight is 430 g/mol. The number of carbonyl (C=O) groups is 1. The highest BCUT2D eigenvalue weighted by Gasteiger charge is 2.34. The summed E-state index contributed by atoms with van der Waals surface area (Å²) in [5.74, 6) is 0.402. The van der Waals surface area contributed by atoms with Crippen molar-refractivity contribution in [2.24, 2.45) is 5.73 Å². The van der Waals surface area contributed by atoms with Gasteiger partial charge in [-0.3, -0.25) is 4.79 Å². The normalized spacial score (nSPS) is 21.8. The van der Waals surface area contributed by atoms with Crippen molar-refractivity contribution in [1.82, 2.24) is 9.62 Å². The fourth-order valence-electron chi connectivity index (χ4n) is 3.35. The number of sulfonamides is 1. The number of nitrogens with zero attached hydrogens (tertiary/aromatic N) is 1. The zero-order chi connectivity index (χ0) is 21.6. The first-order chi connectivity index (χ1) is 13.7. The minimum Gasteiger partial charge on any atom is -0.493 e. The molecule has 0 radical (unpaired) electrons. The molecule has 2 unspecified atom stereocenters.